The molecule has 0 spiro atoms. The number of aromatic nitrogens is 1. The lowest BCUT2D eigenvalue weighted by molar-refractivity contribution is -0.141. The van der Waals surface area contributed by atoms with Gasteiger partial charge in [0.25, 0.3) is 5.91 Å². The first-order valence-corrected chi connectivity index (χ1v) is 14.1. The summed E-state index contributed by atoms with van der Waals surface area (Å²) >= 11 is 0. The van der Waals surface area contributed by atoms with Crippen LogP contribution < -0.4 is 20.1 Å². The van der Waals surface area contributed by atoms with Crippen LogP contribution in [0.3, 0.4) is 0 Å². The number of pyridine rings is 1. The van der Waals surface area contributed by atoms with Crippen molar-refractivity contribution in [3.05, 3.63) is 53.9 Å². The van der Waals surface area contributed by atoms with E-state index in [1.807, 2.05) is 25.1 Å². The monoisotopic (exact) mass is 537 g/mol. The lowest BCUT2D eigenvalue weighted by Crippen LogP contribution is -2.58. The molecule has 212 valence electrons. The van der Waals surface area contributed by atoms with Crippen LogP contribution >= 0.6 is 0 Å². The van der Waals surface area contributed by atoms with Gasteiger partial charge in [-0.3, -0.25) is 14.6 Å². The number of nitrogens with one attached hydrogen (secondary N) is 2. The number of ether oxygens (including phenoxy) is 2. The first-order chi connectivity index (χ1) is 18.7. The molecule has 2 aliphatic rings. The average molecular weight is 538 g/mol. The second-order valence-corrected chi connectivity index (χ2v) is 11.6. The van der Waals surface area contributed by atoms with Gasteiger partial charge in [-0.05, 0) is 85.1 Å². The number of benzene rings is 1. The Hall–Kier alpha value is -3.13. The van der Waals surface area contributed by atoms with Crippen LogP contribution in [-0.4, -0.2) is 54.8 Å². The van der Waals surface area contributed by atoms with E-state index in [0.717, 1.165) is 31.2 Å². The summed E-state index contributed by atoms with van der Waals surface area (Å²) in [5.41, 5.74) is 1.63. The number of fused-ring (bicyclic) bond motifs is 1. The van der Waals surface area contributed by atoms with E-state index in [-0.39, 0.29) is 46.9 Å². The number of carbonyl (C=O) groups excluding carboxylic acids is 2. The van der Waals surface area contributed by atoms with E-state index >= 15 is 0 Å². The van der Waals surface area contributed by atoms with Crippen molar-refractivity contribution in [2.45, 2.75) is 65.0 Å². The van der Waals surface area contributed by atoms with Gasteiger partial charge in [0, 0.05) is 36.5 Å². The maximum absolute atomic E-state index is 13.2. The second kappa shape index (κ2) is 12.4. The molecule has 39 heavy (non-hydrogen) atoms. The number of amides is 2. The van der Waals surface area contributed by atoms with Crippen LogP contribution in [-0.2, 0) is 11.2 Å². The fraction of sp³-hybridized carbons (Fsp3) is 0.581. The summed E-state index contributed by atoms with van der Waals surface area (Å²) in [6.07, 6.45) is 6.91. The lowest BCUT2D eigenvalue weighted by Gasteiger charge is -2.56. The number of aliphatic hydroxyl groups excluding tert-OH is 1. The Morgan fingerprint density at radius 2 is 1.79 bits per heavy atom. The molecule has 0 unspecified atom stereocenters. The minimum atomic E-state index is -0.606. The number of methoxy groups -OCH3 is 2. The van der Waals surface area contributed by atoms with Crippen LogP contribution in [0.15, 0.2) is 42.7 Å². The molecule has 3 N–H and O–H groups in total. The summed E-state index contributed by atoms with van der Waals surface area (Å²) in [5, 5.41) is 18.0. The van der Waals surface area contributed by atoms with Crippen molar-refractivity contribution >= 4 is 11.8 Å². The van der Waals surface area contributed by atoms with E-state index in [0.29, 0.717) is 30.0 Å². The van der Waals surface area contributed by atoms with Gasteiger partial charge in [-0.25, -0.2) is 0 Å². The largest absolute Gasteiger partial charge is 0.493 e. The molecule has 0 aliphatic heterocycles. The molecule has 1 aromatic heterocycles. The molecule has 0 bridgehead atoms. The Labute approximate surface area is 231 Å². The minimum absolute atomic E-state index is 0.00313. The summed E-state index contributed by atoms with van der Waals surface area (Å²) in [5.74, 6) is 0.863. The molecular weight excluding hydrogens is 494 g/mol. The van der Waals surface area contributed by atoms with Gasteiger partial charge in [-0.1, -0.05) is 26.8 Å². The average Bonchev–Trinajstić information content (AvgIpc) is 2.94. The molecule has 2 aromatic rings. The second-order valence-electron chi connectivity index (χ2n) is 11.6. The molecular formula is C31H43N3O5. The molecule has 0 radical (unpaired) electrons. The highest BCUT2D eigenvalue weighted by atomic mass is 16.5. The molecule has 0 saturated heterocycles. The van der Waals surface area contributed by atoms with Crippen LogP contribution in [0.5, 0.6) is 11.5 Å². The van der Waals surface area contributed by atoms with Crippen LogP contribution in [0.1, 0.15) is 62.4 Å². The van der Waals surface area contributed by atoms with Gasteiger partial charge in [-0.2, -0.15) is 0 Å². The normalized spacial score (nSPS) is 29.0. The Morgan fingerprint density at radius 1 is 1.10 bits per heavy atom. The quantitative estimate of drug-likeness (QED) is 0.446. The number of rotatable bonds is 9. The topological polar surface area (TPSA) is 110 Å². The fourth-order valence-electron chi connectivity index (χ4n) is 6.97. The zero-order chi connectivity index (χ0) is 28.2. The Balaban J connectivity index is 1.36. The third-order valence-electron chi connectivity index (χ3n) is 9.36. The highest BCUT2D eigenvalue weighted by Gasteiger charge is 2.53. The van der Waals surface area contributed by atoms with Crippen LogP contribution in [0.25, 0.3) is 0 Å². The molecule has 7 atom stereocenters. The molecule has 2 saturated carbocycles. The number of carbonyl (C=O) groups is 2. The maximum atomic E-state index is 13.2. The molecule has 1 heterocycles. The third-order valence-corrected chi connectivity index (χ3v) is 9.36. The van der Waals surface area contributed by atoms with Crippen molar-refractivity contribution in [3.63, 3.8) is 0 Å². The van der Waals surface area contributed by atoms with Crippen molar-refractivity contribution < 1.29 is 24.2 Å². The zero-order valence-corrected chi connectivity index (χ0v) is 23.8. The minimum Gasteiger partial charge on any atom is -0.493 e. The van der Waals surface area contributed by atoms with Gasteiger partial charge in [0.05, 0.1) is 20.3 Å². The van der Waals surface area contributed by atoms with Crippen molar-refractivity contribution in [1.29, 1.82) is 0 Å². The van der Waals surface area contributed by atoms with Crippen LogP contribution in [0.4, 0.5) is 0 Å². The lowest BCUT2D eigenvalue weighted by atomic mass is 9.51. The third kappa shape index (κ3) is 6.21. The van der Waals surface area contributed by atoms with Gasteiger partial charge < -0.3 is 25.2 Å². The number of aliphatic hydroxyl groups is 1. The van der Waals surface area contributed by atoms with Gasteiger partial charge in [0.15, 0.2) is 11.5 Å². The first-order valence-electron chi connectivity index (χ1n) is 14.1. The molecule has 8 heteroatoms. The summed E-state index contributed by atoms with van der Waals surface area (Å²) in [4.78, 5) is 30.0. The van der Waals surface area contributed by atoms with Gasteiger partial charge in [-0.15, -0.1) is 0 Å². The van der Waals surface area contributed by atoms with Crippen molar-refractivity contribution in [1.82, 2.24) is 15.6 Å². The summed E-state index contributed by atoms with van der Waals surface area (Å²) in [6, 6.07) is 9.16. The zero-order valence-electron chi connectivity index (χ0n) is 23.8. The van der Waals surface area contributed by atoms with Gasteiger partial charge >= 0.3 is 0 Å². The van der Waals surface area contributed by atoms with E-state index in [2.05, 4.69) is 29.5 Å². The Kier molecular flexibility index (Phi) is 9.15. The predicted octanol–water partition coefficient (Wildman–Crippen LogP) is 4.02. The molecule has 2 amide bonds. The number of hydrogen-bond donors (Lipinski definition) is 3. The van der Waals surface area contributed by atoms with E-state index in [9.17, 15) is 14.7 Å². The van der Waals surface area contributed by atoms with Crippen molar-refractivity contribution in [3.8, 4) is 11.5 Å². The van der Waals surface area contributed by atoms with Crippen LogP contribution in [0.2, 0.25) is 0 Å². The number of nitrogens with zero attached hydrogens (tertiary/aromatic N) is 1. The highest BCUT2D eigenvalue weighted by molar-refractivity contribution is 5.94. The van der Waals surface area contributed by atoms with Crippen molar-refractivity contribution in [2.75, 3.05) is 20.8 Å². The molecule has 8 nitrogen and oxygen atoms in total. The Morgan fingerprint density at radius 3 is 2.49 bits per heavy atom. The maximum Gasteiger partial charge on any atom is 0.251 e. The Bertz CT molecular complexity index is 1140. The van der Waals surface area contributed by atoms with E-state index in [1.54, 1.807) is 38.7 Å². The molecule has 2 aliphatic carbocycles. The summed E-state index contributed by atoms with van der Waals surface area (Å²) < 4.78 is 10.7. The molecule has 1 aromatic carbocycles. The standard InChI is InChI=1S/C31H43N3O5/c1-19(29(36)33-17-10-21-6-7-25(38-4)26(18-21)39-5)23-8-13-31(3)14-9-24(20(2)27(31)28(23)35)34-30(37)22-11-15-32-16-12-22/h6-7,11-12,15-16,18-20,23-24,27-28,35H,8-10,13-14,17H2,1-5H3,(H,33,36)(H,34,37)/t19-,20+,23+,24-,27+,28-,31-/m0/s1. The smallest absolute Gasteiger partial charge is 0.251 e. The van der Waals surface area contributed by atoms with Gasteiger partial charge in [0.1, 0.15) is 0 Å². The predicted molar refractivity (Wildman–Crippen MR) is 150 cm³/mol. The molecule has 4 rings (SSSR count). The number of hydrogen-bond acceptors (Lipinski definition) is 6. The SMILES string of the molecule is COc1ccc(CCNC(=O)[C@@H](C)[C@H]2CC[C@@]3(C)CC[C@H](NC(=O)c4ccncc4)[C@@H](C)[C@@H]3[C@H]2O)cc1OC. The van der Waals surface area contributed by atoms with Crippen molar-refractivity contribution in [2.24, 2.45) is 29.1 Å². The van der Waals surface area contributed by atoms with E-state index in [4.69, 9.17) is 9.47 Å². The highest BCUT2D eigenvalue weighted by Crippen LogP contribution is 2.55. The van der Waals surface area contributed by atoms with Gasteiger partial charge in [0.2, 0.25) is 5.91 Å². The fourth-order valence-corrected chi connectivity index (χ4v) is 6.97. The van der Waals surface area contributed by atoms with E-state index < -0.39 is 6.10 Å². The molecule has 2 fully saturated rings. The summed E-state index contributed by atoms with van der Waals surface area (Å²) in [7, 11) is 3.21. The summed E-state index contributed by atoms with van der Waals surface area (Å²) in [6.45, 7) is 6.84. The first kappa shape index (κ1) is 28.9. The van der Waals surface area contributed by atoms with E-state index in [1.165, 1.54) is 0 Å². The van der Waals surface area contributed by atoms with Crippen LogP contribution in [0, 0.1) is 29.1 Å².